The number of benzene rings is 1. The average Bonchev–Trinajstić information content (AvgIpc) is 2.72. The quantitative estimate of drug-likeness (QED) is 0.591. The van der Waals surface area contributed by atoms with Crippen LogP contribution in [0.3, 0.4) is 0 Å². The van der Waals surface area contributed by atoms with E-state index in [4.69, 9.17) is 12.2 Å². The van der Waals surface area contributed by atoms with Crippen molar-refractivity contribution in [2.24, 2.45) is 0 Å². The zero-order valence-corrected chi connectivity index (χ0v) is 13.2. The SMILES string of the molecule is S=c1[nH]c2cc(Br)ccc2n1CCC1=CCCCC1. The lowest BCUT2D eigenvalue weighted by atomic mass is 9.97. The second kappa shape index (κ2) is 5.63. The smallest absolute Gasteiger partial charge is 0.178 e. The van der Waals surface area contributed by atoms with Gasteiger partial charge in [-0.1, -0.05) is 27.6 Å². The van der Waals surface area contributed by atoms with E-state index in [1.54, 1.807) is 5.57 Å². The maximum atomic E-state index is 5.44. The van der Waals surface area contributed by atoms with Crippen molar-refractivity contribution in [1.29, 1.82) is 0 Å². The molecule has 1 aromatic carbocycles. The van der Waals surface area contributed by atoms with Gasteiger partial charge >= 0.3 is 0 Å². The summed E-state index contributed by atoms with van der Waals surface area (Å²) < 4.78 is 4.12. The fourth-order valence-corrected chi connectivity index (χ4v) is 3.41. The molecule has 19 heavy (non-hydrogen) atoms. The fraction of sp³-hybridized carbons (Fsp3) is 0.400. The summed E-state index contributed by atoms with van der Waals surface area (Å²) in [5.74, 6) is 0. The van der Waals surface area contributed by atoms with Crippen molar-refractivity contribution in [2.75, 3.05) is 0 Å². The molecular formula is C15H17BrN2S. The molecule has 1 aliphatic rings. The van der Waals surface area contributed by atoms with Crippen molar-refractivity contribution < 1.29 is 0 Å². The molecule has 0 saturated carbocycles. The van der Waals surface area contributed by atoms with Gasteiger partial charge in [0.15, 0.2) is 4.77 Å². The minimum absolute atomic E-state index is 0.824. The molecule has 3 rings (SSSR count). The number of halogens is 1. The summed E-state index contributed by atoms with van der Waals surface area (Å²) in [6, 6.07) is 6.28. The Hall–Kier alpha value is -0.870. The Morgan fingerprint density at radius 2 is 2.21 bits per heavy atom. The largest absolute Gasteiger partial charge is 0.331 e. The Balaban J connectivity index is 1.86. The molecule has 1 aromatic heterocycles. The second-order valence-corrected chi connectivity index (χ2v) is 6.40. The molecule has 0 unspecified atom stereocenters. The zero-order valence-electron chi connectivity index (χ0n) is 10.8. The highest BCUT2D eigenvalue weighted by molar-refractivity contribution is 9.10. The molecule has 0 fully saturated rings. The number of fused-ring (bicyclic) bond motifs is 1. The molecule has 0 amide bonds. The molecule has 2 aromatic rings. The molecule has 0 saturated heterocycles. The van der Waals surface area contributed by atoms with E-state index in [1.807, 2.05) is 0 Å². The molecule has 0 aliphatic heterocycles. The average molecular weight is 337 g/mol. The van der Waals surface area contributed by atoms with Crippen molar-refractivity contribution in [1.82, 2.24) is 9.55 Å². The van der Waals surface area contributed by atoms with E-state index >= 15 is 0 Å². The number of nitrogens with one attached hydrogen (secondary N) is 1. The second-order valence-electron chi connectivity index (χ2n) is 5.10. The molecule has 0 atom stereocenters. The molecule has 100 valence electrons. The van der Waals surface area contributed by atoms with Gasteiger partial charge < -0.3 is 9.55 Å². The number of aromatic nitrogens is 2. The first-order valence-electron chi connectivity index (χ1n) is 6.80. The van der Waals surface area contributed by atoms with E-state index in [9.17, 15) is 0 Å². The lowest BCUT2D eigenvalue weighted by Crippen LogP contribution is -2.01. The van der Waals surface area contributed by atoms with Crippen molar-refractivity contribution in [3.63, 3.8) is 0 Å². The molecule has 4 heteroatoms. The maximum Gasteiger partial charge on any atom is 0.178 e. The van der Waals surface area contributed by atoms with Gasteiger partial charge in [0.25, 0.3) is 0 Å². The van der Waals surface area contributed by atoms with Gasteiger partial charge in [0, 0.05) is 11.0 Å². The highest BCUT2D eigenvalue weighted by atomic mass is 79.9. The Kier molecular flexibility index (Phi) is 3.89. The third-order valence-electron chi connectivity index (χ3n) is 3.78. The standard InChI is InChI=1S/C15H17BrN2S/c16-12-6-7-14-13(10-12)17-15(19)18(14)9-8-11-4-2-1-3-5-11/h4,6-7,10H,1-3,5,8-9H2,(H,17,19). The maximum absolute atomic E-state index is 5.44. The first kappa shape index (κ1) is 13.1. The Morgan fingerprint density at radius 1 is 1.32 bits per heavy atom. The van der Waals surface area contributed by atoms with Gasteiger partial charge in [0.2, 0.25) is 0 Å². The summed E-state index contributed by atoms with van der Waals surface area (Å²) in [6.45, 7) is 0.978. The van der Waals surface area contributed by atoms with Crippen LogP contribution in [0.5, 0.6) is 0 Å². The van der Waals surface area contributed by atoms with E-state index in [-0.39, 0.29) is 0 Å². The van der Waals surface area contributed by atoms with Crippen LogP contribution in [-0.2, 0) is 6.54 Å². The zero-order chi connectivity index (χ0) is 13.2. The molecule has 1 heterocycles. The van der Waals surface area contributed by atoms with Crippen LogP contribution >= 0.6 is 28.1 Å². The van der Waals surface area contributed by atoms with Gasteiger partial charge in [-0.2, -0.15) is 0 Å². The number of rotatable bonds is 3. The lowest BCUT2D eigenvalue weighted by Gasteiger charge is -2.13. The van der Waals surface area contributed by atoms with E-state index in [0.29, 0.717) is 0 Å². The first-order chi connectivity index (χ1) is 9.24. The highest BCUT2D eigenvalue weighted by Gasteiger charge is 2.07. The molecule has 2 nitrogen and oxygen atoms in total. The van der Waals surface area contributed by atoms with Crippen LogP contribution < -0.4 is 0 Å². The summed E-state index contributed by atoms with van der Waals surface area (Å²) in [7, 11) is 0. The minimum Gasteiger partial charge on any atom is -0.331 e. The van der Waals surface area contributed by atoms with Gasteiger partial charge in [-0.25, -0.2) is 0 Å². The van der Waals surface area contributed by atoms with Crippen LogP contribution in [0.2, 0.25) is 0 Å². The summed E-state index contributed by atoms with van der Waals surface area (Å²) in [6.07, 6.45) is 8.75. The number of aryl methyl sites for hydroxylation is 1. The van der Waals surface area contributed by atoms with Crippen LogP contribution in [-0.4, -0.2) is 9.55 Å². The van der Waals surface area contributed by atoms with Crippen molar-refractivity contribution in [3.8, 4) is 0 Å². The van der Waals surface area contributed by atoms with Gasteiger partial charge in [0.1, 0.15) is 0 Å². The van der Waals surface area contributed by atoms with Crippen molar-refractivity contribution >= 4 is 39.2 Å². The summed E-state index contributed by atoms with van der Waals surface area (Å²) in [5, 5.41) is 0. The summed E-state index contributed by atoms with van der Waals surface area (Å²) >= 11 is 8.93. The van der Waals surface area contributed by atoms with Crippen LogP contribution in [0.4, 0.5) is 0 Å². The van der Waals surface area contributed by atoms with Crippen molar-refractivity contribution in [3.05, 3.63) is 39.1 Å². The minimum atomic E-state index is 0.824. The predicted octanol–water partition coefficient (Wildman–Crippen LogP) is 5.35. The van der Waals surface area contributed by atoms with E-state index in [1.165, 1.54) is 31.2 Å². The van der Waals surface area contributed by atoms with E-state index < -0.39 is 0 Å². The molecule has 0 bridgehead atoms. The first-order valence-corrected chi connectivity index (χ1v) is 8.00. The normalized spacial score (nSPS) is 15.7. The molecular weight excluding hydrogens is 320 g/mol. The van der Waals surface area contributed by atoms with Gasteiger partial charge in [-0.05, 0) is 62.5 Å². The topological polar surface area (TPSA) is 20.7 Å². The molecule has 0 radical (unpaired) electrons. The molecule has 1 aliphatic carbocycles. The summed E-state index contributed by atoms with van der Waals surface area (Å²) in [5.41, 5.74) is 3.90. The van der Waals surface area contributed by atoms with Crippen LogP contribution in [0.1, 0.15) is 32.1 Å². The number of H-pyrrole nitrogens is 1. The number of hydrogen-bond acceptors (Lipinski definition) is 1. The Morgan fingerprint density at radius 3 is 3.00 bits per heavy atom. The summed E-state index contributed by atoms with van der Waals surface area (Å²) in [4.78, 5) is 3.28. The third kappa shape index (κ3) is 2.84. The lowest BCUT2D eigenvalue weighted by molar-refractivity contribution is 0.630. The highest BCUT2D eigenvalue weighted by Crippen LogP contribution is 2.23. The van der Waals surface area contributed by atoms with E-state index in [0.717, 1.165) is 27.7 Å². The number of nitrogens with zero attached hydrogens (tertiary/aromatic N) is 1. The Bertz CT molecular complexity index is 681. The number of aromatic amines is 1. The van der Waals surface area contributed by atoms with Crippen molar-refractivity contribution in [2.45, 2.75) is 38.6 Å². The number of allylic oxidation sites excluding steroid dienone is 2. The Labute approximate surface area is 126 Å². The predicted molar refractivity (Wildman–Crippen MR) is 86.0 cm³/mol. The number of hydrogen-bond donors (Lipinski definition) is 1. The van der Waals surface area contributed by atoms with Crippen LogP contribution in [0.15, 0.2) is 34.3 Å². The van der Waals surface area contributed by atoms with Crippen LogP contribution in [0, 0.1) is 4.77 Å². The fourth-order valence-electron chi connectivity index (χ4n) is 2.74. The molecule has 1 N–H and O–H groups in total. The molecule has 0 spiro atoms. The van der Waals surface area contributed by atoms with Gasteiger partial charge in [0.05, 0.1) is 11.0 Å². The van der Waals surface area contributed by atoms with Gasteiger partial charge in [-0.3, -0.25) is 0 Å². The number of imidazole rings is 1. The third-order valence-corrected chi connectivity index (χ3v) is 4.59. The van der Waals surface area contributed by atoms with E-state index in [2.05, 4.69) is 49.8 Å². The monoisotopic (exact) mass is 336 g/mol. The van der Waals surface area contributed by atoms with Crippen LogP contribution in [0.25, 0.3) is 11.0 Å². The van der Waals surface area contributed by atoms with Gasteiger partial charge in [-0.15, -0.1) is 0 Å².